The fourth-order valence-electron chi connectivity index (χ4n) is 2.20. The van der Waals surface area contributed by atoms with Crippen LogP contribution in [0.4, 0.5) is 0 Å². The molecule has 0 saturated carbocycles. The fourth-order valence-corrected chi connectivity index (χ4v) is 2.20. The van der Waals surface area contributed by atoms with E-state index >= 15 is 0 Å². The minimum Gasteiger partial charge on any atom is -0.508 e. The van der Waals surface area contributed by atoms with Gasteiger partial charge in [0.05, 0.1) is 7.11 Å². The van der Waals surface area contributed by atoms with Crippen LogP contribution in [0.25, 0.3) is 0 Å². The number of ether oxygens (including phenoxy) is 1. The van der Waals surface area contributed by atoms with E-state index in [4.69, 9.17) is 4.74 Å². The van der Waals surface area contributed by atoms with E-state index < -0.39 is 0 Å². The van der Waals surface area contributed by atoms with Gasteiger partial charge in [0, 0.05) is 12.0 Å². The molecule has 0 radical (unpaired) electrons. The number of Topliss-reactive ketones (excluding diaryl/α,β-unsaturated/α-hetero) is 1. The molecule has 21 heavy (non-hydrogen) atoms. The summed E-state index contributed by atoms with van der Waals surface area (Å²) in [5, 5.41) is 9.20. The molecule has 0 saturated heterocycles. The Hall–Kier alpha value is -2.29. The predicted octanol–water partition coefficient (Wildman–Crippen LogP) is 4.00. The first kappa shape index (κ1) is 15.1. The van der Waals surface area contributed by atoms with Crippen molar-refractivity contribution >= 4 is 5.78 Å². The normalized spacial score (nSPS) is 10.3. The molecule has 3 heteroatoms. The number of carbonyl (C=O) groups is 1. The van der Waals surface area contributed by atoms with Gasteiger partial charge in [-0.3, -0.25) is 4.79 Å². The first-order chi connectivity index (χ1) is 10.2. The quantitative estimate of drug-likeness (QED) is 0.617. The van der Waals surface area contributed by atoms with Crippen molar-refractivity contribution in [2.45, 2.75) is 25.7 Å². The highest BCUT2D eigenvalue weighted by molar-refractivity contribution is 5.96. The van der Waals surface area contributed by atoms with Gasteiger partial charge in [0.2, 0.25) is 0 Å². The number of unbranched alkanes of at least 4 members (excludes halogenated alkanes) is 1. The number of aromatic hydroxyl groups is 1. The summed E-state index contributed by atoms with van der Waals surface area (Å²) in [6.07, 6.45) is 3.36. The van der Waals surface area contributed by atoms with E-state index in [-0.39, 0.29) is 11.5 Å². The molecule has 3 nitrogen and oxygen atoms in total. The molecule has 0 unspecified atom stereocenters. The molecule has 0 aliphatic carbocycles. The SMILES string of the molecule is COc1ccc(CCCCC(=O)c2ccc(O)cc2)cc1. The molecule has 0 fully saturated rings. The molecule has 0 aromatic heterocycles. The maximum atomic E-state index is 12.0. The van der Waals surface area contributed by atoms with Gasteiger partial charge in [-0.1, -0.05) is 12.1 Å². The Bertz CT molecular complexity index is 570. The third-order valence-corrected chi connectivity index (χ3v) is 3.47. The Morgan fingerprint density at radius 2 is 1.67 bits per heavy atom. The molecule has 1 N–H and O–H groups in total. The highest BCUT2D eigenvalue weighted by atomic mass is 16.5. The van der Waals surface area contributed by atoms with Crippen LogP contribution in [0.3, 0.4) is 0 Å². The molecule has 110 valence electrons. The number of rotatable bonds is 7. The van der Waals surface area contributed by atoms with Gasteiger partial charge in [-0.05, 0) is 61.2 Å². The molecule has 0 aliphatic heterocycles. The lowest BCUT2D eigenvalue weighted by molar-refractivity contribution is 0.0979. The second-order valence-corrected chi connectivity index (χ2v) is 5.03. The smallest absolute Gasteiger partial charge is 0.162 e. The molecule has 2 rings (SSSR count). The Morgan fingerprint density at radius 1 is 1.00 bits per heavy atom. The summed E-state index contributed by atoms with van der Waals surface area (Å²) < 4.78 is 5.12. The molecule has 0 heterocycles. The van der Waals surface area contributed by atoms with E-state index in [1.54, 1.807) is 31.4 Å². The van der Waals surface area contributed by atoms with Crippen LogP contribution < -0.4 is 4.74 Å². The maximum absolute atomic E-state index is 12.0. The zero-order chi connectivity index (χ0) is 15.1. The largest absolute Gasteiger partial charge is 0.508 e. The van der Waals surface area contributed by atoms with Crippen LogP contribution in [0.2, 0.25) is 0 Å². The summed E-state index contributed by atoms with van der Waals surface area (Å²) in [6, 6.07) is 14.5. The summed E-state index contributed by atoms with van der Waals surface area (Å²) >= 11 is 0. The number of benzene rings is 2. The minimum atomic E-state index is 0.129. The lowest BCUT2D eigenvalue weighted by Crippen LogP contribution is -1.99. The van der Waals surface area contributed by atoms with E-state index in [9.17, 15) is 9.90 Å². The van der Waals surface area contributed by atoms with E-state index in [2.05, 4.69) is 12.1 Å². The zero-order valence-electron chi connectivity index (χ0n) is 12.2. The Balaban J connectivity index is 1.73. The number of aryl methyl sites for hydroxylation is 1. The first-order valence-electron chi connectivity index (χ1n) is 7.14. The van der Waals surface area contributed by atoms with Crippen molar-refractivity contribution < 1.29 is 14.6 Å². The monoisotopic (exact) mass is 284 g/mol. The van der Waals surface area contributed by atoms with Crippen molar-refractivity contribution in [2.24, 2.45) is 0 Å². The van der Waals surface area contributed by atoms with Gasteiger partial charge < -0.3 is 9.84 Å². The number of methoxy groups -OCH3 is 1. The van der Waals surface area contributed by atoms with Crippen LogP contribution in [-0.4, -0.2) is 18.0 Å². The summed E-state index contributed by atoms with van der Waals surface area (Å²) in [6.45, 7) is 0. The second-order valence-electron chi connectivity index (χ2n) is 5.03. The lowest BCUT2D eigenvalue weighted by atomic mass is 10.0. The van der Waals surface area contributed by atoms with Crippen molar-refractivity contribution in [3.05, 3.63) is 59.7 Å². The highest BCUT2D eigenvalue weighted by Gasteiger charge is 2.05. The molecular weight excluding hydrogens is 264 g/mol. The van der Waals surface area contributed by atoms with Crippen molar-refractivity contribution in [2.75, 3.05) is 7.11 Å². The van der Waals surface area contributed by atoms with Crippen molar-refractivity contribution in [3.8, 4) is 11.5 Å². The van der Waals surface area contributed by atoms with Gasteiger partial charge in [0.15, 0.2) is 5.78 Å². The number of hydrogen-bond acceptors (Lipinski definition) is 3. The van der Waals surface area contributed by atoms with Gasteiger partial charge in [-0.2, -0.15) is 0 Å². The van der Waals surface area contributed by atoms with E-state index in [1.165, 1.54) is 5.56 Å². The average Bonchev–Trinajstić information content (AvgIpc) is 2.52. The van der Waals surface area contributed by atoms with Gasteiger partial charge in [-0.25, -0.2) is 0 Å². The predicted molar refractivity (Wildman–Crippen MR) is 83.0 cm³/mol. The minimum absolute atomic E-state index is 0.129. The second kappa shape index (κ2) is 7.48. The van der Waals surface area contributed by atoms with Crippen LogP contribution in [0.15, 0.2) is 48.5 Å². The van der Waals surface area contributed by atoms with Gasteiger partial charge >= 0.3 is 0 Å². The average molecular weight is 284 g/mol. The molecular formula is C18H20O3. The molecule has 2 aromatic carbocycles. The summed E-state index contributed by atoms with van der Waals surface area (Å²) in [5.41, 5.74) is 1.92. The highest BCUT2D eigenvalue weighted by Crippen LogP contribution is 2.15. The summed E-state index contributed by atoms with van der Waals surface area (Å²) in [5.74, 6) is 1.18. The Morgan fingerprint density at radius 3 is 2.29 bits per heavy atom. The van der Waals surface area contributed by atoms with Crippen molar-refractivity contribution in [1.82, 2.24) is 0 Å². The first-order valence-corrected chi connectivity index (χ1v) is 7.14. The van der Waals surface area contributed by atoms with Gasteiger partial charge in [-0.15, -0.1) is 0 Å². The molecule has 0 bridgehead atoms. The van der Waals surface area contributed by atoms with Crippen molar-refractivity contribution in [3.63, 3.8) is 0 Å². The van der Waals surface area contributed by atoms with Crippen LogP contribution in [0.5, 0.6) is 11.5 Å². The molecule has 0 aliphatic rings. The molecule has 0 atom stereocenters. The summed E-state index contributed by atoms with van der Waals surface area (Å²) in [4.78, 5) is 12.0. The third kappa shape index (κ3) is 4.63. The van der Waals surface area contributed by atoms with Crippen molar-refractivity contribution in [1.29, 1.82) is 0 Å². The molecule has 0 spiro atoms. The third-order valence-electron chi connectivity index (χ3n) is 3.47. The van der Waals surface area contributed by atoms with E-state index in [0.717, 1.165) is 25.0 Å². The van der Waals surface area contributed by atoms with Crippen LogP contribution in [-0.2, 0) is 6.42 Å². The molecule has 0 amide bonds. The maximum Gasteiger partial charge on any atom is 0.162 e. The van der Waals surface area contributed by atoms with E-state index in [0.29, 0.717) is 12.0 Å². The number of phenols is 1. The fraction of sp³-hybridized carbons (Fsp3) is 0.278. The Kier molecular flexibility index (Phi) is 5.38. The number of phenolic OH excluding ortho intramolecular Hbond substituents is 1. The van der Waals surface area contributed by atoms with Gasteiger partial charge in [0.25, 0.3) is 0 Å². The van der Waals surface area contributed by atoms with Gasteiger partial charge in [0.1, 0.15) is 11.5 Å². The zero-order valence-corrected chi connectivity index (χ0v) is 12.2. The standard InChI is InChI=1S/C18H20O3/c1-21-17-12-6-14(7-13-17)4-2-3-5-18(20)15-8-10-16(19)11-9-15/h6-13,19H,2-5H2,1H3. The molecule has 2 aromatic rings. The van der Waals surface area contributed by atoms with Crippen LogP contribution in [0.1, 0.15) is 35.2 Å². The topological polar surface area (TPSA) is 46.5 Å². The summed E-state index contributed by atoms with van der Waals surface area (Å²) in [7, 11) is 1.66. The Labute approximate surface area is 125 Å². The number of ketones is 1. The lowest BCUT2D eigenvalue weighted by Gasteiger charge is -2.04. The van der Waals surface area contributed by atoms with Crippen LogP contribution in [0, 0.1) is 0 Å². The van der Waals surface area contributed by atoms with E-state index in [1.807, 2.05) is 12.1 Å². The van der Waals surface area contributed by atoms with Crippen LogP contribution >= 0.6 is 0 Å². The number of hydrogen-bond donors (Lipinski definition) is 1. The number of carbonyl (C=O) groups excluding carboxylic acids is 1.